The quantitative estimate of drug-likeness (QED) is 0.184. The Morgan fingerprint density at radius 3 is 2.16 bits per heavy atom. The molecule has 7 aromatic carbocycles. The first-order valence-electron chi connectivity index (χ1n) is 17.0. The van der Waals surface area contributed by atoms with Gasteiger partial charge in [0.2, 0.25) is 5.89 Å². The number of para-hydroxylation sites is 2. The Morgan fingerprint density at radius 2 is 1.30 bits per heavy atom. The molecular weight excluding hydrogens is 629 g/mol. The highest BCUT2D eigenvalue weighted by molar-refractivity contribution is 7.26. The van der Waals surface area contributed by atoms with Gasteiger partial charge in [0.25, 0.3) is 0 Å². The SMILES string of the molecule is CC1(C)c2cc(N(c3ccc(-c4ccccc4)cc3)c3cccc4sc5ccccc5c34)ccc2-c2c(-c3nc4ccccc4o3)cccc21. The first-order valence-corrected chi connectivity index (χ1v) is 17.9. The van der Waals surface area contributed by atoms with E-state index >= 15 is 0 Å². The zero-order chi connectivity index (χ0) is 33.4. The number of nitrogens with zero attached hydrogens (tertiary/aromatic N) is 2. The molecule has 0 N–H and O–H groups in total. The van der Waals surface area contributed by atoms with Crippen molar-refractivity contribution >= 4 is 59.7 Å². The van der Waals surface area contributed by atoms with E-state index < -0.39 is 0 Å². The fourth-order valence-electron chi connectivity index (χ4n) is 7.88. The summed E-state index contributed by atoms with van der Waals surface area (Å²) in [5.41, 5.74) is 13.3. The van der Waals surface area contributed by atoms with Crippen LogP contribution >= 0.6 is 11.3 Å². The largest absolute Gasteiger partial charge is 0.436 e. The number of anilines is 3. The van der Waals surface area contributed by atoms with Crippen LogP contribution < -0.4 is 4.90 Å². The lowest BCUT2D eigenvalue weighted by Gasteiger charge is -2.29. The van der Waals surface area contributed by atoms with Crippen molar-refractivity contribution in [3.05, 3.63) is 169 Å². The Kier molecular flexibility index (Phi) is 6.39. The average Bonchev–Trinajstić information content (AvgIpc) is 3.83. The molecule has 0 fully saturated rings. The molecule has 1 aliphatic rings. The number of oxazole rings is 1. The van der Waals surface area contributed by atoms with Crippen LogP contribution in [0.25, 0.3) is 65.0 Å². The van der Waals surface area contributed by atoms with Crippen LogP contribution in [0.4, 0.5) is 17.1 Å². The summed E-state index contributed by atoms with van der Waals surface area (Å²) in [6.45, 7) is 4.67. The molecule has 0 saturated heterocycles. The topological polar surface area (TPSA) is 29.3 Å². The second-order valence-electron chi connectivity index (χ2n) is 13.6. The van der Waals surface area contributed by atoms with Crippen LogP contribution in [0.1, 0.15) is 25.0 Å². The van der Waals surface area contributed by atoms with Crippen molar-refractivity contribution < 1.29 is 4.42 Å². The molecule has 2 heterocycles. The van der Waals surface area contributed by atoms with Gasteiger partial charge in [-0.2, -0.15) is 0 Å². The lowest BCUT2D eigenvalue weighted by atomic mass is 9.82. The van der Waals surface area contributed by atoms with Crippen molar-refractivity contribution in [1.82, 2.24) is 4.98 Å². The Balaban J connectivity index is 1.17. The van der Waals surface area contributed by atoms with Gasteiger partial charge in [-0.05, 0) is 94.0 Å². The lowest BCUT2D eigenvalue weighted by Crippen LogP contribution is -2.16. The van der Waals surface area contributed by atoms with E-state index in [2.05, 4.69) is 152 Å². The fraction of sp³-hybridized carbons (Fsp3) is 0.0652. The highest BCUT2D eigenvalue weighted by Gasteiger charge is 2.38. The van der Waals surface area contributed by atoms with Gasteiger partial charge in [0.05, 0.1) is 5.69 Å². The zero-order valence-corrected chi connectivity index (χ0v) is 28.5. The van der Waals surface area contributed by atoms with Crippen molar-refractivity contribution in [3.63, 3.8) is 0 Å². The zero-order valence-electron chi connectivity index (χ0n) is 27.7. The van der Waals surface area contributed by atoms with E-state index in [1.54, 1.807) is 0 Å². The highest BCUT2D eigenvalue weighted by atomic mass is 32.1. The van der Waals surface area contributed by atoms with E-state index in [-0.39, 0.29) is 5.41 Å². The smallest absolute Gasteiger partial charge is 0.227 e. The third-order valence-corrected chi connectivity index (χ3v) is 11.5. The number of fused-ring (bicyclic) bond motifs is 7. The van der Waals surface area contributed by atoms with Crippen LogP contribution in [-0.2, 0) is 5.41 Å². The molecule has 4 heteroatoms. The van der Waals surface area contributed by atoms with E-state index in [1.165, 1.54) is 59.2 Å². The molecule has 0 atom stereocenters. The molecule has 0 amide bonds. The summed E-state index contributed by atoms with van der Waals surface area (Å²) < 4.78 is 8.91. The van der Waals surface area contributed by atoms with Crippen LogP contribution in [0.2, 0.25) is 0 Å². The van der Waals surface area contributed by atoms with Gasteiger partial charge in [-0.3, -0.25) is 0 Å². The third-order valence-electron chi connectivity index (χ3n) is 10.3. The number of thiophene rings is 1. The average molecular weight is 661 g/mol. The third kappa shape index (κ3) is 4.38. The summed E-state index contributed by atoms with van der Waals surface area (Å²) >= 11 is 1.85. The minimum atomic E-state index is -0.230. The summed E-state index contributed by atoms with van der Waals surface area (Å²) in [6, 6.07) is 56.6. The summed E-state index contributed by atoms with van der Waals surface area (Å²) in [6.07, 6.45) is 0. The molecule has 3 nitrogen and oxygen atoms in total. The van der Waals surface area contributed by atoms with E-state index in [9.17, 15) is 0 Å². The lowest BCUT2D eigenvalue weighted by molar-refractivity contribution is 0.619. The Bertz CT molecular complexity index is 2700. The predicted molar refractivity (Wildman–Crippen MR) is 210 cm³/mol. The first kappa shape index (κ1) is 29.0. The predicted octanol–water partition coefficient (Wildman–Crippen LogP) is 13.3. The number of benzene rings is 7. The molecular formula is C46H32N2OS. The van der Waals surface area contributed by atoms with E-state index in [0.717, 1.165) is 28.0 Å². The maximum absolute atomic E-state index is 6.33. The molecule has 238 valence electrons. The summed E-state index contributed by atoms with van der Waals surface area (Å²) in [4.78, 5) is 7.35. The van der Waals surface area contributed by atoms with Crippen molar-refractivity contribution in [2.24, 2.45) is 0 Å². The number of rotatable bonds is 5. The second-order valence-corrected chi connectivity index (χ2v) is 14.7. The number of hydrogen-bond donors (Lipinski definition) is 0. The standard InChI is InChI=1S/C46H32N2OS/c1-46(2)36-16-10-15-35(45-47-38-17-7-8-19-40(38)49-45)43(36)33-27-26-32(28-37(33)46)48(31-24-22-30(23-25-31)29-12-4-3-5-13-29)39-18-11-21-42-44(39)34-14-6-9-20-41(34)50-42/h3-28H,1-2H3. The molecule has 2 aromatic heterocycles. The molecule has 10 rings (SSSR count). The van der Waals surface area contributed by atoms with Crippen molar-refractivity contribution in [2.45, 2.75) is 19.3 Å². The van der Waals surface area contributed by atoms with Gasteiger partial charge in [0.15, 0.2) is 5.58 Å². The number of hydrogen-bond acceptors (Lipinski definition) is 4. The molecule has 0 bridgehead atoms. The van der Waals surface area contributed by atoms with Crippen LogP contribution in [0, 0.1) is 0 Å². The first-order chi connectivity index (χ1) is 24.5. The van der Waals surface area contributed by atoms with E-state index in [1.807, 2.05) is 35.6 Å². The highest BCUT2D eigenvalue weighted by Crippen LogP contribution is 2.54. The monoisotopic (exact) mass is 660 g/mol. The molecule has 1 aliphatic carbocycles. The van der Waals surface area contributed by atoms with Gasteiger partial charge >= 0.3 is 0 Å². The second kappa shape index (κ2) is 11.0. The van der Waals surface area contributed by atoms with Gasteiger partial charge in [-0.15, -0.1) is 11.3 Å². The molecule has 0 saturated carbocycles. The van der Waals surface area contributed by atoms with Crippen LogP contribution in [-0.4, -0.2) is 4.98 Å². The summed E-state index contributed by atoms with van der Waals surface area (Å²) in [5.74, 6) is 0.659. The maximum atomic E-state index is 6.33. The molecule has 0 aliphatic heterocycles. The molecule has 0 radical (unpaired) electrons. The van der Waals surface area contributed by atoms with Crippen molar-refractivity contribution in [3.8, 4) is 33.7 Å². The minimum Gasteiger partial charge on any atom is -0.436 e. The van der Waals surface area contributed by atoms with Gasteiger partial charge in [-0.25, -0.2) is 4.98 Å². The Labute approximate surface area is 294 Å². The summed E-state index contributed by atoms with van der Waals surface area (Å²) in [5, 5.41) is 2.56. The minimum absolute atomic E-state index is 0.230. The Morgan fingerprint density at radius 1 is 0.580 bits per heavy atom. The fourth-order valence-corrected chi connectivity index (χ4v) is 9.01. The maximum Gasteiger partial charge on any atom is 0.227 e. The molecule has 0 spiro atoms. The van der Waals surface area contributed by atoms with Crippen LogP contribution in [0.3, 0.4) is 0 Å². The molecule has 9 aromatic rings. The van der Waals surface area contributed by atoms with Crippen molar-refractivity contribution in [1.29, 1.82) is 0 Å². The van der Waals surface area contributed by atoms with Gasteiger partial charge in [-0.1, -0.05) is 111 Å². The molecule has 0 unspecified atom stereocenters. The van der Waals surface area contributed by atoms with Gasteiger partial charge < -0.3 is 9.32 Å². The van der Waals surface area contributed by atoms with Crippen LogP contribution in [0.5, 0.6) is 0 Å². The Hall–Kier alpha value is -5.97. The van der Waals surface area contributed by atoms with E-state index in [0.29, 0.717) is 5.89 Å². The van der Waals surface area contributed by atoms with Gasteiger partial charge in [0, 0.05) is 42.5 Å². The van der Waals surface area contributed by atoms with Crippen molar-refractivity contribution in [2.75, 3.05) is 4.90 Å². The van der Waals surface area contributed by atoms with Crippen LogP contribution in [0.15, 0.2) is 162 Å². The number of aromatic nitrogens is 1. The molecule has 50 heavy (non-hydrogen) atoms. The van der Waals surface area contributed by atoms with Gasteiger partial charge in [0.1, 0.15) is 5.52 Å². The summed E-state index contributed by atoms with van der Waals surface area (Å²) in [7, 11) is 0. The van der Waals surface area contributed by atoms with E-state index in [4.69, 9.17) is 9.40 Å². The normalized spacial score (nSPS) is 13.2.